The van der Waals surface area contributed by atoms with E-state index in [4.69, 9.17) is 11.6 Å². The minimum Gasteiger partial charge on any atom is -0.380 e. The van der Waals surface area contributed by atoms with Gasteiger partial charge in [0.2, 0.25) is 0 Å². The van der Waals surface area contributed by atoms with Crippen LogP contribution in [0, 0.1) is 13.8 Å². The van der Waals surface area contributed by atoms with Gasteiger partial charge in [0.1, 0.15) is 12.0 Å². The number of carbonyl (C=O) groups is 1. The van der Waals surface area contributed by atoms with Gasteiger partial charge in [-0.25, -0.2) is 20.9 Å². The molecular formula is C25H32N10O2. The molecule has 3 heterocycles. The molecule has 0 fully saturated rings. The predicted molar refractivity (Wildman–Crippen MR) is 144 cm³/mol. The van der Waals surface area contributed by atoms with Gasteiger partial charge in [0.15, 0.2) is 17.2 Å². The third kappa shape index (κ3) is 4.58. The summed E-state index contributed by atoms with van der Waals surface area (Å²) in [7, 11) is 6.52. The molecule has 0 aliphatic heterocycles. The number of anilines is 1. The Morgan fingerprint density at radius 3 is 2.51 bits per heavy atom. The molecule has 0 aliphatic carbocycles. The van der Waals surface area contributed by atoms with E-state index in [1.807, 2.05) is 45.0 Å². The molecule has 0 saturated heterocycles. The quantitative estimate of drug-likeness (QED) is 0.155. The van der Waals surface area contributed by atoms with Crippen LogP contribution in [0.25, 0.3) is 16.6 Å². The maximum absolute atomic E-state index is 13.5. The zero-order chi connectivity index (χ0) is 27.2. The number of hydrogen-bond donors (Lipinski definition) is 3. The highest BCUT2D eigenvalue weighted by atomic mass is 16.2. The molecule has 12 nitrogen and oxygen atoms in total. The number of hydrazone groups is 1. The number of carbonyl (C=O) groups excluding carboxylic acids is 1. The van der Waals surface area contributed by atoms with Crippen LogP contribution in [0.4, 0.5) is 5.69 Å². The van der Waals surface area contributed by atoms with Crippen molar-refractivity contribution >= 4 is 34.0 Å². The molecule has 3 aromatic heterocycles. The first-order valence-corrected chi connectivity index (χ1v) is 11.7. The van der Waals surface area contributed by atoms with Crippen molar-refractivity contribution in [1.82, 2.24) is 29.0 Å². The molecule has 12 heteroatoms. The van der Waals surface area contributed by atoms with Crippen molar-refractivity contribution in [2.45, 2.75) is 26.8 Å². The smallest absolute Gasteiger partial charge is 0.275 e. The molecule has 5 N–H and O–H groups in total. The van der Waals surface area contributed by atoms with Crippen molar-refractivity contribution in [3.8, 4) is 0 Å². The minimum atomic E-state index is -0.292. The first-order chi connectivity index (χ1) is 17.4. The number of amidine groups is 1. The summed E-state index contributed by atoms with van der Waals surface area (Å²) in [6, 6.07) is 7.32. The summed E-state index contributed by atoms with van der Waals surface area (Å²) < 4.78 is 3.27. The molecule has 4 aromatic rings. The van der Waals surface area contributed by atoms with Crippen molar-refractivity contribution in [2.24, 2.45) is 23.7 Å². The lowest BCUT2D eigenvalue weighted by Gasteiger charge is -2.21. The summed E-state index contributed by atoms with van der Waals surface area (Å²) in [5.41, 5.74) is 10.9. The number of fused-ring (bicyclic) bond motifs is 3. The molecule has 1 aromatic carbocycles. The highest BCUT2D eigenvalue weighted by molar-refractivity contribution is 6.01. The largest absolute Gasteiger partial charge is 0.380 e. The van der Waals surface area contributed by atoms with Gasteiger partial charge in [-0.15, -0.1) is 5.10 Å². The normalized spacial score (nSPS) is 12.7. The first kappa shape index (κ1) is 25.6. The summed E-state index contributed by atoms with van der Waals surface area (Å²) in [5, 5.41) is 9.22. The van der Waals surface area contributed by atoms with Gasteiger partial charge in [0.05, 0.1) is 22.6 Å². The zero-order valence-corrected chi connectivity index (χ0v) is 22.1. The Kier molecular flexibility index (Phi) is 6.61. The molecule has 0 bridgehead atoms. The number of hydrazine groups is 1. The summed E-state index contributed by atoms with van der Waals surface area (Å²) in [4.78, 5) is 36.7. The number of amides is 1. The van der Waals surface area contributed by atoms with Gasteiger partial charge in [-0.05, 0) is 50.1 Å². The van der Waals surface area contributed by atoms with Gasteiger partial charge in [-0.3, -0.25) is 18.6 Å². The van der Waals surface area contributed by atoms with Crippen LogP contribution >= 0.6 is 0 Å². The zero-order valence-electron chi connectivity index (χ0n) is 22.1. The van der Waals surface area contributed by atoms with E-state index >= 15 is 0 Å². The number of rotatable bonds is 6. The predicted octanol–water partition coefficient (Wildman–Crippen LogP) is 1.50. The Bertz CT molecular complexity index is 1610. The number of nitrogens with zero attached hydrogens (tertiary/aromatic N) is 7. The highest BCUT2D eigenvalue weighted by Gasteiger charge is 2.23. The number of nitrogens with two attached hydrogens (primary N) is 2. The first-order valence-electron chi connectivity index (χ1n) is 11.7. The van der Waals surface area contributed by atoms with Crippen molar-refractivity contribution in [3.05, 3.63) is 69.2 Å². The number of benzene rings is 1. The Balaban J connectivity index is 1.94. The molecular weight excluding hydrogens is 472 g/mol. The third-order valence-corrected chi connectivity index (χ3v) is 6.11. The van der Waals surface area contributed by atoms with E-state index in [9.17, 15) is 9.59 Å². The average Bonchev–Trinajstić information content (AvgIpc) is 3.27. The maximum Gasteiger partial charge on any atom is 0.275 e. The van der Waals surface area contributed by atoms with Crippen LogP contribution < -0.4 is 22.5 Å². The summed E-state index contributed by atoms with van der Waals surface area (Å²) in [5.74, 6) is 5.54. The highest BCUT2D eigenvalue weighted by Crippen LogP contribution is 2.29. The maximum atomic E-state index is 13.5. The van der Waals surface area contributed by atoms with E-state index in [-0.39, 0.29) is 29.0 Å². The van der Waals surface area contributed by atoms with E-state index in [1.54, 1.807) is 38.9 Å². The molecule has 37 heavy (non-hydrogen) atoms. The van der Waals surface area contributed by atoms with Crippen molar-refractivity contribution in [3.63, 3.8) is 0 Å². The van der Waals surface area contributed by atoms with Crippen molar-refractivity contribution in [1.29, 1.82) is 0 Å². The lowest BCUT2D eigenvalue weighted by molar-refractivity contribution is 0.0824. The number of aryl methyl sites for hydroxylation is 3. The second kappa shape index (κ2) is 9.54. The van der Waals surface area contributed by atoms with E-state index in [0.717, 1.165) is 21.9 Å². The van der Waals surface area contributed by atoms with Gasteiger partial charge < -0.3 is 16.0 Å². The minimum absolute atomic E-state index is 0.162. The number of hydrogen-bond acceptors (Lipinski definition) is 8. The second-order valence-electron chi connectivity index (χ2n) is 9.37. The van der Waals surface area contributed by atoms with E-state index in [0.29, 0.717) is 27.9 Å². The lowest BCUT2D eigenvalue weighted by Crippen LogP contribution is -2.27. The van der Waals surface area contributed by atoms with Gasteiger partial charge in [-0.1, -0.05) is 6.07 Å². The van der Waals surface area contributed by atoms with Crippen LogP contribution in [0.5, 0.6) is 0 Å². The number of nitrogens with one attached hydrogen (secondary N) is 1. The SMILES string of the molecule is Cc1cc(C(C)Nc2ccc(C)nc2/C(N)=N/N(C)N)c2c(c1)c(=O)n(C)c1c(C(=O)N(C)C)ncn21. The van der Waals surface area contributed by atoms with Crippen LogP contribution in [-0.2, 0) is 7.05 Å². The fourth-order valence-electron chi connectivity index (χ4n) is 4.43. The molecule has 0 aliphatic rings. The summed E-state index contributed by atoms with van der Waals surface area (Å²) in [6.45, 7) is 5.78. The van der Waals surface area contributed by atoms with Crippen LogP contribution in [0.1, 0.15) is 46.0 Å². The second-order valence-corrected chi connectivity index (χ2v) is 9.37. The van der Waals surface area contributed by atoms with Crippen LogP contribution in [0.2, 0.25) is 0 Å². The Labute approximate surface area is 214 Å². The molecule has 1 atom stereocenters. The van der Waals surface area contributed by atoms with Crippen LogP contribution in [0.15, 0.2) is 40.5 Å². The van der Waals surface area contributed by atoms with Crippen molar-refractivity contribution in [2.75, 3.05) is 26.5 Å². The molecule has 0 radical (unpaired) electrons. The van der Waals surface area contributed by atoms with Crippen LogP contribution in [0.3, 0.4) is 0 Å². The average molecular weight is 505 g/mol. The topological polar surface area (TPSA) is 152 Å². The van der Waals surface area contributed by atoms with Crippen molar-refractivity contribution < 1.29 is 4.79 Å². The Morgan fingerprint density at radius 1 is 1.16 bits per heavy atom. The number of pyridine rings is 1. The molecule has 194 valence electrons. The summed E-state index contributed by atoms with van der Waals surface area (Å²) >= 11 is 0. The fourth-order valence-corrected chi connectivity index (χ4v) is 4.43. The molecule has 1 amide bonds. The molecule has 0 spiro atoms. The van der Waals surface area contributed by atoms with E-state index in [1.165, 1.54) is 9.47 Å². The molecule has 0 saturated carbocycles. The molecule has 1 unspecified atom stereocenters. The van der Waals surface area contributed by atoms with E-state index in [2.05, 4.69) is 20.4 Å². The van der Waals surface area contributed by atoms with E-state index < -0.39 is 0 Å². The molecule has 4 rings (SSSR count). The van der Waals surface area contributed by atoms with Gasteiger partial charge in [-0.2, -0.15) is 0 Å². The standard InChI is InChI=1S/C25H32N10O2/c1-13-10-16(15(3)30-18-9-8-14(2)29-19(18)22(26)31-34(7)27)21-17(11-13)24(36)33(6)23-20(25(37)32(4)5)28-12-35(21)23/h8-12,15,30H,27H2,1-7H3,(H2,26,31). The van der Waals surface area contributed by atoms with Gasteiger partial charge in [0.25, 0.3) is 11.5 Å². The van der Waals surface area contributed by atoms with Gasteiger partial charge >= 0.3 is 0 Å². The number of imidazole rings is 1. The Hall–Kier alpha value is -4.45. The Morgan fingerprint density at radius 2 is 1.86 bits per heavy atom. The number of aromatic nitrogens is 4. The lowest BCUT2D eigenvalue weighted by atomic mass is 10.0. The summed E-state index contributed by atoms with van der Waals surface area (Å²) in [6.07, 6.45) is 1.58. The fraction of sp³-hybridized carbons (Fsp3) is 0.320. The third-order valence-electron chi connectivity index (χ3n) is 6.11. The monoisotopic (exact) mass is 504 g/mol. The van der Waals surface area contributed by atoms with Crippen LogP contribution in [-0.4, -0.2) is 61.8 Å². The van der Waals surface area contributed by atoms with Gasteiger partial charge in [0, 0.05) is 33.9 Å².